The van der Waals surface area contributed by atoms with Crippen molar-refractivity contribution in [3.8, 4) is 5.75 Å². The van der Waals surface area contributed by atoms with Crippen molar-refractivity contribution in [3.05, 3.63) is 53.6 Å². The number of ether oxygens (including phenoxy) is 1. The van der Waals surface area contributed by atoms with E-state index in [4.69, 9.17) is 8.92 Å². The number of amides is 1. The Kier molecular flexibility index (Phi) is 5.42. The SMILES string of the molecule is CCOC(=O)c1ccc(OS(=O)(=O)c2ccc3c(c2)CC(C)N3C(C)=O)cc1. The van der Waals surface area contributed by atoms with Crippen molar-refractivity contribution in [2.45, 2.75) is 38.1 Å². The fourth-order valence-corrected chi connectivity index (χ4v) is 4.26. The predicted molar refractivity (Wildman–Crippen MR) is 103 cm³/mol. The maximum atomic E-state index is 12.6. The second kappa shape index (κ2) is 7.63. The Morgan fingerprint density at radius 2 is 1.82 bits per heavy atom. The summed E-state index contributed by atoms with van der Waals surface area (Å²) in [5.41, 5.74) is 1.81. The van der Waals surface area contributed by atoms with E-state index < -0.39 is 16.1 Å². The molecule has 7 nitrogen and oxygen atoms in total. The van der Waals surface area contributed by atoms with E-state index in [1.165, 1.54) is 43.3 Å². The van der Waals surface area contributed by atoms with Crippen LogP contribution < -0.4 is 9.08 Å². The minimum Gasteiger partial charge on any atom is -0.462 e. The molecular formula is C20H21NO6S. The highest BCUT2D eigenvalue weighted by molar-refractivity contribution is 7.87. The maximum absolute atomic E-state index is 12.6. The zero-order valence-corrected chi connectivity index (χ0v) is 16.7. The summed E-state index contributed by atoms with van der Waals surface area (Å²) in [6.45, 7) is 5.36. The Labute approximate surface area is 164 Å². The van der Waals surface area contributed by atoms with Crippen LogP contribution in [-0.2, 0) is 26.1 Å². The third kappa shape index (κ3) is 3.87. The van der Waals surface area contributed by atoms with Crippen molar-refractivity contribution >= 4 is 27.7 Å². The van der Waals surface area contributed by atoms with Gasteiger partial charge in [-0.25, -0.2) is 4.79 Å². The second-order valence-corrected chi connectivity index (χ2v) is 8.06. The number of rotatable bonds is 5. The van der Waals surface area contributed by atoms with Gasteiger partial charge in [-0.2, -0.15) is 8.42 Å². The number of hydrogen-bond donors (Lipinski definition) is 0. The van der Waals surface area contributed by atoms with Gasteiger partial charge in [0.25, 0.3) is 0 Å². The smallest absolute Gasteiger partial charge is 0.339 e. The Hall–Kier alpha value is -2.87. The third-order valence-electron chi connectivity index (χ3n) is 4.47. The van der Waals surface area contributed by atoms with Gasteiger partial charge in [0.1, 0.15) is 10.6 Å². The molecule has 0 aromatic heterocycles. The molecule has 0 spiro atoms. The molecule has 8 heteroatoms. The summed E-state index contributed by atoms with van der Waals surface area (Å²) in [7, 11) is -4.05. The number of esters is 1. The van der Waals surface area contributed by atoms with Crippen molar-refractivity contribution in [3.63, 3.8) is 0 Å². The van der Waals surface area contributed by atoms with Gasteiger partial charge in [0, 0.05) is 18.7 Å². The Bertz CT molecular complexity index is 1010. The van der Waals surface area contributed by atoms with Crippen LogP contribution in [0.1, 0.15) is 36.7 Å². The maximum Gasteiger partial charge on any atom is 0.339 e. The number of nitrogens with zero attached hydrogens (tertiary/aromatic N) is 1. The highest BCUT2D eigenvalue weighted by Gasteiger charge is 2.30. The molecule has 148 valence electrons. The van der Waals surface area contributed by atoms with Gasteiger partial charge < -0.3 is 13.8 Å². The zero-order chi connectivity index (χ0) is 20.5. The fourth-order valence-electron chi connectivity index (χ4n) is 3.28. The van der Waals surface area contributed by atoms with Crippen molar-refractivity contribution in [1.29, 1.82) is 0 Å². The van der Waals surface area contributed by atoms with Crippen molar-refractivity contribution in [2.24, 2.45) is 0 Å². The van der Waals surface area contributed by atoms with Gasteiger partial charge in [-0.15, -0.1) is 0 Å². The topological polar surface area (TPSA) is 90.0 Å². The van der Waals surface area contributed by atoms with E-state index in [-0.39, 0.29) is 29.2 Å². The summed E-state index contributed by atoms with van der Waals surface area (Å²) in [5.74, 6) is -0.480. The van der Waals surface area contributed by atoms with Crippen molar-refractivity contribution in [2.75, 3.05) is 11.5 Å². The molecule has 0 bridgehead atoms. The lowest BCUT2D eigenvalue weighted by Gasteiger charge is -2.20. The molecule has 0 aliphatic carbocycles. The summed E-state index contributed by atoms with van der Waals surface area (Å²) in [5, 5.41) is 0. The Morgan fingerprint density at radius 1 is 1.14 bits per heavy atom. The van der Waals surface area contributed by atoms with E-state index in [0.717, 1.165) is 11.3 Å². The van der Waals surface area contributed by atoms with E-state index in [1.54, 1.807) is 17.9 Å². The number of hydrogen-bond acceptors (Lipinski definition) is 6. The summed E-state index contributed by atoms with van der Waals surface area (Å²) in [6.07, 6.45) is 0.576. The van der Waals surface area contributed by atoms with Crippen LogP contribution in [0, 0.1) is 0 Å². The van der Waals surface area contributed by atoms with E-state index in [2.05, 4.69) is 0 Å². The lowest BCUT2D eigenvalue weighted by Crippen LogP contribution is -2.33. The first-order chi connectivity index (χ1) is 13.2. The lowest BCUT2D eigenvalue weighted by molar-refractivity contribution is -0.116. The molecule has 2 aromatic rings. The lowest BCUT2D eigenvalue weighted by atomic mass is 10.1. The molecule has 1 aliphatic rings. The minimum absolute atomic E-state index is 0.0123. The molecule has 1 aliphatic heterocycles. The van der Waals surface area contributed by atoms with Crippen LogP contribution in [0.4, 0.5) is 5.69 Å². The molecule has 1 atom stereocenters. The van der Waals surface area contributed by atoms with Gasteiger partial charge in [0.2, 0.25) is 5.91 Å². The molecular weight excluding hydrogens is 382 g/mol. The average Bonchev–Trinajstić information content (AvgIpc) is 2.97. The number of carbonyl (C=O) groups is 2. The molecule has 1 unspecified atom stereocenters. The van der Waals surface area contributed by atoms with E-state index in [9.17, 15) is 18.0 Å². The van der Waals surface area contributed by atoms with Crippen molar-refractivity contribution < 1.29 is 26.9 Å². The first-order valence-corrected chi connectivity index (χ1v) is 10.3. The van der Waals surface area contributed by atoms with Crippen molar-refractivity contribution in [1.82, 2.24) is 0 Å². The quantitative estimate of drug-likeness (QED) is 0.563. The molecule has 3 rings (SSSR count). The predicted octanol–water partition coefficient (Wildman–Crippen LogP) is 2.93. The number of benzene rings is 2. The van der Waals surface area contributed by atoms with Gasteiger partial charge in [-0.05, 0) is 68.3 Å². The average molecular weight is 403 g/mol. The third-order valence-corrected chi connectivity index (χ3v) is 5.71. The molecule has 0 saturated heterocycles. The standard InChI is InChI=1S/C20H21NO6S/c1-4-26-20(23)15-5-7-17(8-6-15)27-28(24,25)18-9-10-19-16(12-18)11-13(2)21(19)14(3)22/h5-10,12-13H,4,11H2,1-3H3. The molecule has 2 aromatic carbocycles. The van der Waals surface area contributed by atoms with Crippen LogP contribution in [0.5, 0.6) is 5.75 Å². The van der Waals surface area contributed by atoms with E-state index in [1.807, 2.05) is 6.92 Å². The van der Waals surface area contributed by atoms with Gasteiger partial charge in [0.15, 0.2) is 0 Å². The van der Waals surface area contributed by atoms with Crippen LogP contribution in [0.3, 0.4) is 0 Å². The largest absolute Gasteiger partial charge is 0.462 e. The number of anilines is 1. The normalized spacial score (nSPS) is 15.8. The summed E-state index contributed by atoms with van der Waals surface area (Å²) in [6, 6.07) is 10.2. The van der Waals surface area contributed by atoms with Crippen LogP contribution >= 0.6 is 0 Å². The van der Waals surface area contributed by atoms with Gasteiger partial charge in [-0.3, -0.25) is 4.79 Å². The van der Waals surface area contributed by atoms with Gasteiger partial charge >= 0.3 is 16.1 Å². The Morgan fingerprint density at radius 3 is 2.43 bits per heavy atom. The van der Waals surface area contributed by atoms with Crippen LogP contribution in [0.15, 0.2) is 47.4 Å². The molecule has 0 radical (unpaired) electrons. The first-order valence-electron chi connectivity index (χ1n) is 8.87. The van der Waals surface area contributed by atoms with Gasteiger partial charge in [0.05, 0.1) is 12.2 Å². The molecule has 0 fully saturated rings. The first kappa shape index (κ1) is 19.9. The van der Waals surface area contributed by atoms with Crippen LogP contribution in [0.25, 0.3) is 0 Å². The zero-order valence-electron chi connectivity index (χ0n) is 15.8. The van der Waals surface area contributed by atoms with Crippen LogP contribution in [0.2, 0.25) is 0 Å². The van der Waals surface area contributed by atoms with E-state index >= 15 is 0 Å². The highest BCUT2D eigenvalue weighted by Crippen LogP contribution is 2.34. The van der Waals surface area contributed by atoms with E-state index in [0.29, 0.717) is 12.0 Å². The molecule has 28 heavy (non-hydrogen) atoms. The summed E-state index contributed by atoms with van der Waals surface area (Å²) < 4.78 is 35.3. The van der Waals surface area contributed by atoms with Crippen LogP contribution in [-0.4, -0.2) is 32.9 Å². The number of carbonyl (C=O) groups excluding carboxylic acids is 2. The Balaban J connectivity index is 1.82. The second-order valence-electron chi connectivity index (χ2n) is 6.51. The summed E-state index contributed by atoms with van der Waals surface area (Å²) >= 11 is 0. The molecule has 1 heterocycles. The molecule has 1 amide bonds. The fraction of sp³-hybridized carbons (Fsp3) is 0.300. The highest BCUT2D eigenvalue weighted by atomic mass is 32.2. The van der Waals surface area contributed by atoms with Gasteiger partial charge in [-0.1, -0.05) is 0 Å². The summed E-state index contributed by atoms with van der Waals surface area (Å²) in [4.78, 5) is 25.1. The number of fused-ring (bicyclic) bond motifs is 1. The molecule has 0 N–H and O–H groups in total. The molecule has 0 saturated carbocycles. The monoisotopic (exact) mass is 403 g/mol. The minimum atomic E-state index is -4.05.